The second-order valence-electron chi connectivity index (χ2n) is 7.06. The van der Waals surface area contributed by atoms with Gasteiger partial charge in [-0.2, -0.15) is 0 Å². The third kappa shape index (κ3) is 5.30. The lowest BCUT2D eigenvalue weighted by Gasteiger charge is -2.37. The lowest BCUT2D eigenvalue weighted by atomic mass is 9.96. The Balaban J connectivity index is 2.06. The molecule has 4 heteroatoms. The Hall–Kier alpha value is -2.98. The van der Waals surface area contributed by atoms with E-state index in [4.69, 9.17) is 4.74 Å². The molecule has 150 valence electrons. The van der Waals surface area contributed by atoms with E-state index in [1.165, 1.54) is 13.2 Å². The van der Waals surface area contributed by atoms with Crippen LogP contribution in [0, 0.1) is 5.82 Å². The van der Waals surface area contributed by atoms with Gasteiger partial charge in [-0.15, -0.1) is 0 Å². The van der Waals surface area contributed by atoms with Crippen LogP contribution in [0.5, 0.6) is 0 Å². The summed E-state index contributed by atoms with van der Waals surface area (Å²) < 4.78 is 19.7. The number of benzene rings is 3. The molecule has 0 bridgehead atoms. The first kappa shape index (κ1) is 20.7. The monoisotopic (exact) mass is 391 g/mol. The highest BCUT2D eigenvalue weighted by atomic mass is 19.1. The summed E-state index contributed by atoms with van der Waals surface area (Å²) in [6.45, 7) is 2.66. The molecule has 29 heavy (non-hydrogen) atoms. The number of ether oxygens (including phenoxy) is 1. The lowest BCUT2D eigenvalue weighted by molar-refractivity contribution is -0.142. The van der Waals surface area contributed by atoms with Crippen LogP contribution in [0.1, 0.15) is 42.1 Å². The van der Waals surface area contributed by atoms with Gasteiger partial charge in [-0.1, -0.05) is 78.9 Å². The van der Waals surface area contributed by atoms with Gasteiger partial charge in [0, 0.05) is 24.2 Å². The highest BCUT2D eigenvalue weighted by molar-refractivity contribution is 5.70. The number of methoxy groups -OCH3 is 1. The molecule has 2 atom stereocenters. The van der Waals surface area contributed by atoms with Gasteiger partial charge in [0.05, 0.1) is 13.5 Å². The Kier molecular flexibility index (Phi) is 7.14. The number of halogens is 1. The first-order valence-corrected chi connectivity index (χ1v) is 9.76. The van der Waals surface area contributed by atoms with Crippen LogP contribution in [-0.4, -0.2) is 18.0 Å². The van der Waals surface area contributed by atoms with E-state index in [-0.39, 0.29) is 24.2 Å². The van der Waals surface area contributed by atoms with Gasteiger partial charge in [0.1, 0.15) is 5.82 Å². The summed E-state index contributed by atoms with van der Waals surface area (Å²) >= 11 is 0. The fourth-order valence-electron chi connectivity index (χ4n) is 3.63. The summed E-state index contributed by atoms with van der Waals surface area (Å²) in [5.41, 5.74) is 2.70. The number of rotatable bonds is 8. The quantitative estimate of drug-likeness (QED) is 0.462. The second-order valence-corrected chi connectivity index (χ2v) is 7.06. The number of hydrogen-bond donors (Lipinski definition) is 0. The maximum absolute atomic E-state index is 14.8. The summed E-state index contributed by atoms with van der Waals surface area (Å²) in [7, 11) is 1.36. The van der Waals surface area contributed by atoms with E-state index in [1.807, 2.05) is 48.5 Å². The largest absolute Gasteiger partial charge is 0.469 e. The minimum atomic E-state index is -0.459. The van der Waals surface area contributed by atoms with E-state index in [2.05, 4.69) is 24.0 Å². The molecular weight excluding hydrogens is 365 g/mol. The molecule has 0 aliphatic rings. The van der Waals surface area contributed by atoms with Crippen LogP contribution in [0.2, 0.25) is 0 Å². The molecule has 0 radical (unpaired) electrons. The van der Waals surface area contributed by atoms with Gasteiger partial charge >= 0.3 is 5.97 Å². The molecular formula is C25H26FNO2. The molecule has 0 aliphatic carbocycles. The average Bonchev–Trinajstić information content (AvgIpc) is 2.77. The standard InChI is InChI=1S/C25H26FNO2/c1-19(21-13-7-4-8-14-21)27(18-20-11-5-3-6-12-20)24(17-25(28)29-2)22-15-9-10-16-23(22)26/h3-16,19,24H,17-18H2,1-2H3/t19-,24?/m0/s1. The predicted octanol–water partition coefficient (Wildman–Crippen LogP) is 5.69. The molecule has 0 amide bonds. The van der Waals surface area contributed by atoms with Crippen LogP contribution in [0.25, 0.3) is 0 Å². The van der Waals surface area contributed by atoms with Crippen LogP contribution >= 0.6 is 0 Å². The zero-order valence-corrected chi connectivity index (χ0v) is 16.8. The molecule has 1 unspecified atom stereocenters. The van der Waals surface area contributed by atoms with E-state index in [9.17, 15) is 9.18 Å². The first-order valence-electron chi connectivity index (χ1n) is 9.76. The Bertz CT molecular complexity index is 914. The van der Waals surface area contributed by atoms with Crippen LogP contribution in [0.3, 0.4) is 0 Å². The first-order chi connectivity index (χ1) is 14.1. The molecule has 3 aromatic rings. The molecule has 0 heterocycles. The topological polar surface area (TPSA) is 29.5 Å². The van der Waals surface area contributed by atoms with Gasteiger partial charge in [0.15, 0.2) is 0 Å². The van der Waals surface area contributed by atoms with Crippen LogP contribution in [-0.2, 0) is 16.1 Å². The predicted molar refractivity (Wildman–Crippen MR) is 113 cm³/mol. The normalized spacial score (nSPS) is 13.1. The van der Waals surface area contributed by atoms with Gasteiger partial charge in [0.2, 0.25) is 0 Å². The summed E-state index contributed by atoms with van der Waals surface area (Å²) in [5, 5.41) is 0. The van der Waals surface area contributed by atoms with Crippen molar-refractivity contribution < 1.29 is 13.9 Å². The van der Waals surface area contributed by atoms with Gasteiger partial charge in [-0.25, -0.2) is 4.39 Å². The molecule has 0 N–H and O–H groups in total. The van der Waals surface area contributed by atoms with Gasteiger partial charge in [-0.3, -0.25) is 9.69 Å². The van der Waals surface area contributed by atoms with Crippen molar-refractivity contribution in [3.05, 3.63) is 107 Å². The highest BCUT2D eigenvalue weighted by Crippen LogP contribution is 2.35. The third-order valence-electron chi connectivity index (χ3n) is 5.24. The number of esters is 1. The fourth-order valence-corrected chi connectivity index (χ4v) is 3.63. The molecule has 0 spiro atoms. The Morgan fingerprint density at radius 3 is 2.14 bits per heavy atom. The van der Waals surface area contributed by atoms with Crippen molar-refractivity contribution in [2.75, 3.05) is 7.11 Å². The third-order valence-corrected chi connectivity index (χ3v) is 5.24. The fraction of sp³-hybridized carbons (Fsp3) is 0.240. The van der Waals surface area contributed by atoms with Crippen LogP contribution in [0.4, 0.5) is 4.39 Å². The number of carbonyl (C=O) groups excluding carboxylic acids is 1. The number of hydrogen-bond acceptors (Lipinski definition) is 3. The van der Waals surface area contributed by atoms with E-state index < -0.39 is 6.04 Å². The van der Waals surface area contributed by atoms with Crippen molar-refractivity contribution in [2.24, 2.45) is 0 Å². The zero-order valence-electron chi connectivity index (χ0n) is 16.8. The summed E-state index contributed by atoms with van der Waals surface area (Å²) in [4.78, 5) is 14.4. The maximum Gasteiger partial charge on any atom is 0.307 e. The van der Waals surface area contributed by atoms with E-state index in [0.29, 0.717) is 12.1 Å². The Labute approximate surface area is 171 Å². The van der Waals surface area contributed by atoms with Gasteiger partial charge in [0.25, 0.3) is 0 Å². The number of nitrogens with zero attached hydrogens (tertiary/aromatic N) is 1. The minimum absolute atomic E-state index is 0.0364. The molecule has 0 aromatic heterocycles. The Morgan fingerprint density at radius 2 is 1.52 bits per heavy atom. The molecule has 3 nitrogen and oxygen atoms in total. The van der Waals surface area contributed by atoms with Crippen molar-refractivity contribution in [2.45, 2.75) is 32.0 Å². The molecule has 0 fully saturated rings. The van der Waals surface area contributed by atoms with Crippen molar-refractivity contribution >= 4 is 5.97 Å². The van der Waals surface area contributed by atoms with Crippen molar-refractivity contribution in [1.29, 1.82) is 0 Å². The second kappa shape index (κ2) is 9.99. The van der Waals surface area contributed by atoms with E-state index in [1.54, 1.807) is 18.2 Å². The molecule has 3 rings (SSSR count). The molecule has 0 saturated carbocycles. The van der Waals surface area contributed by atoms with Crippen LogP contribution < -0.4 is 0 Å². The zero-order chi connectivity index (χ0) is 20.6. The Morgan fingerprint density at radius 1 is 0.931 bits per heavy atom. The molecule has 3 aromatic carbocycles. The molecule has 0 aliphatic heterocycles. The molecule has 0 saturated heterocycles. The lowest BCUT2D eigenvalue weighted by Crippen LogP contribution is -2.33. The summed E-state index contributed by atoms with van der Waals surface area (Å²) in [6.07, 6.45) is 0.0709. The van der Waals surface area contributed by atoms with Crippen molar-refractivity contribution in [1.82, 2.24) is 4.90 Å². The van der Waals surface area contributed by atoms with Crippen molar-refractivity contribution in [3.8, 4) is 0 Å². The van der Waals surface area contributed by atoms with Crippen LogP contribution in [0.15, 0.2) is 84.9 Å². The average molecular weight is 391 g/mol. The van der Waals surface area contributed by atoms with Gasteiger partial charge in [-0.05, 0) is 24.1 Å². The summed E-state index contributed by atoms with van der Waals surface area (Å²) in [6, 6.07) is 26.2. The summed E-state index contributed by atoms with van der Waals surface area (Å²) in [5.74, 6) is -0.684. The van der Waals surface area contributed by atoms with E-state index >= 15 is 0 Å². The highest BCUT2D eigenvalue weighted by Gasteiger charge is 2.30. The number of carbonyl (C=O) groups is 1. The minimum Gasteiger partial charge on any atom is -0.469 e. The van der Waals surface area contributed by atoms with E-state index in [0.717, 1.165) is 11.1 Å². The van der Waals surface area contributed by atoms with Crippen molar-refractivity contribution in [3.63, 3.8) is 0 Å². The SMILES string of the molecule is COC(=O)CC(c1ccccc1F)N(Cc1ccccc1)[C@@H](C)c1ccccc1. The smallest absolute Gasteiger partial charge is 0.307 e. The van der Waals surface area contributed by atoms with Gasteiger partial charge < -0.3 is 4.74 Å². The maximum atomic E-state index is 14.8.